The Morgan fingerprint density at radius 3 is 2.42 bits per heavy atom. The molecule has 2 saturated heterocycles. The fourth-order valence-corrected chi connectivity index (χ4v) is 3.48. The molecule has 26 heavy (non-hydrogen) atoms. The predicted molar refractivity (Wildman–Crippen MR) is 82.5 cm³/mol. The van der Waals surface area contributed by atoms with E-state index in [1.807, 2.05) is 0 Å². The van der Waals surface area contributed by atoms with Gasteiger partial charge in [-0.05, 0) is 30.5 Å². The van der Waals surface area contributed by atoms with E-state index in [1.165, 1.54) is 17.0 Å². The van der Waals surface area contributed by atoms with E-state index in [0.29, 0.717) is 0 Å². The molecule has 2 heterocycles. The molecule has 0 unspecified atom stereocenters. The van der Waals surface area contributed by atoms with Gasteiger partial charge in [-0.15, -0.1) is 0 Å². The molecule has 1 aromatic rings. The second-order valence-corrected chi connectivity index (χ2v) is 6.93. The highest BCUT2D eigenvalue weighted by Crippen LogP contribution is 2.37. The van der Waals surface area contributed by atoms with Crippen LogP contribution in [0.3, 0.4) is 0 Å². The lowest BCUT2D eigenvalue weighted by molar-refractivity contribution is -0.138. The molecule has 0 aliphatic carbocycles. The van der Waals surface area contributed by atoms with Gasteiger partial charge in [-0.1, -0.05) is 12.1 Å². The van der Waals surface area contributed by atoms with Gasteiger partial charge in [0.25, 0.3) is 5.92 Å². The van der Waals surface area contributed by atoms with Gasteiger partial charge in [0, 0.05) is 19.5 Å². The molecule has 0 aromatic heterocycles. The van der Waals surface area contributed by atoms with Crippen LogP contribution < -0.4 is 5.32 Å². The molecule has 4 nitrogen and oxygen atoms in total. The summed E-state index contributed by atoms with van der Waals surface area (Å²) in [4.78, 5) is 13.7. The molecule has 2 aliphatic rings. The van der Waals surface area contributed by atoms with Crippen LogP contribution >= 0.6 is 0 Å². The smallest absolute Gasteiger partial charge is 0.385 e. The maximum atomic E-state index is 13.2. The topological polar surface area (TPSA) is 52.6 Å². The van der Waals surface area contributed by atoms with E-state index in [2.05, 4.69) is 5.32 Å². The normalized spacial score (nSPS) is 25.3. The number of amides is 1. The van der Waals surface area contributed by atoms with Crippen molar-refractivity contribution in [2.75, 3.05) is 19.6 Å². The van der Waals surface area contributed by atoms with Crippen molar-refractivity contribution in [1.29, 1.82) is 0 Å². The number of nitrogens with one attached hydrogen (secondary N) is 1. The summed E-state index contributed by atoms with van der Waals surface area (Å²) in [5.41, 5.74) is -2.19. The number of carbonyl (C=O) groups is 1. The largest absolute Gasteiger partial charge is 0.416 e. The Kier molecular flexibility index (Phi) is 4.72. The van der Waals surface area contributed by atoms with Crippen molar-refractivity contribution < 1.29 is 31.9 Å². The van der Waals surface area contributed by atoms with Gasteiger partial charge >= 0.3 is 6.18 Å². The highest BCUT2D eigenvalue weighted by Gasteiger charge is 2.45. The number of piperidine rings is 1. The van der Waals surface area contributed by atoms with Crippen LogP contribution in [0.4, 0.5) is 22.0 Å². The van der Waals surface area contributed by atoms with Crippen LogP contribution in [0.2, 0.25) is 0 Å². The highest BCUT2D eigenvalue weighted by molar-refractivity contribution is 5.82. The average molecular weight is 378 g/mol. The minimum absolute atomic E-state index is 0.0448. The summed E-state index contributed by atoms with van der Waals surface area (Å²) in [7, 11) is 0. The Hall–Kier alpha value is -1.74. The summed E-state index contributed by atoms with van der Waals surface area (Å²) in [6.07, 6.45) is -4.99. The van der Waals surface area contributed by atoms with Gasteiger partial charge in [0.15, 0.2) is 0 Å². The summed E-state index contributed by atoms with van der Waals surface area (Å²) < 4.78 is 65.1. The molecule has 1 aromatic carbocycles. The Morgan fingerprint density at radius 2 is 1.88 bits per heavy atom. The third kappa shape index (κ3) is 3.83. The molecule has 0 bridgehead atoms. The molecular formula is C17H19F5N2O2. The van der Waals surface area contributed by atoms with Gasteiger partial charge in [0.05, 0.1) is 23.8 Å². The number of hydrogen-bond acceptors (Lipinski definition) is 3. The molecule has 9 heteroatoms. The highest BCUT2D eigenvalue weighted by atomic mass is 19.4. The van der Waals surface area contributed by atoms with Gasteiger partial charge in [-0.2, -0.15) is 13.2 Å². The standard InChI is InChI=1S/C17H19F5N2O2/c18-16(19)9-13(23-10-16)14(25)24-6-4-15(26,5-7-24)11-2-1-3-12(8-11)17(20,21)22/h1-3,8,13,23,26H,4-7,9-10H2/t13-/m0/s1. The molecule has 0 saturated carbocycles. The molecule has 144 valence electrons. The first-order valence-electron chi connectivity index (χ1n) is 8.30. The van der Waals surface area contributed by atoms with Gasteiger partial charge in [-0.25, -0.2) is 8.78 Å². The minimum Gasteiger partial charge on any atom is -0.385 e. The molecule has 1 amide bonds. The number of hydrogen-bond donors (Lipinski definition) is 2. The zero-order valence-electron chi connectivity index (χ0n) is 13.8. The maximum Gasteiger partial charge on any atom is 0.416 e. The van der Waals surface area contributed by atoms with Crippen LogP contribution in [0.15, 0.2) is 24.3 Å². The lowest BCUT2D eigenvalue weighted by atomic mass is 9.83. The second kappa shape index (κ2) is 6.45. The monoisotopic (exact) mass is 378 g/mol. The van der Waals surface area contributed by atoms with Gasteiger partial charge in [-0.3, -0.25) is 10.1 Å². The number of benzene rings is 1. The fourth-order valence-electron chi connectivity index (χ4n) is 3.48. The third-order valence-corrected chi connectivity index (χ3v) is 5.04. The molecule has 0 spiro atoms. The molecule has 0 radical (unpaired) electrons. The zero-order valence-corrected chi connectivity index (χ0v) is 13.8. The summed E-state index contributed by atoms with van der Waals surface area (Å²) >= 11 is 0. The molecule has 1 atom stereocenters. The number of nitrogens with zero attached hydrogens (tertiary/aromatic N) is 1. The van der Waals surface area contributed by atoms with E-state index in [9.17, 15) is 31.9 Å². The van der Waals surface area contributed by atoms with Crippen LogP contribution in [0, 0.1) is 0 Å². The molecular weight excluding hydrogens is 359 g/mol. The van der Waals surface area contributed by atoms with Crippen molar-refractivity contribution in [1.82, 2.24) is 10.2 Å². The Labute approximate surface area is 147 Å². The Bertz CT molecular complexity index is 684. The number of rotatable bonds is 2. The van der Waals surface area contributed by atoms with Gasteiger partial charge in [0.1, 0.15) is 0 Å². The fraction of sp³-hybridized carbons (Fsp3) is 0.588. The average Bonchev–Trinajstić information content (AvgIpc) is 2.94. The number of aliphatic hydroxyl groups is 1. The predicted octanol–water partition coefficient (Wildman–Crippen LogP) is 2.51. The van der Waals surface area contributed by atoms with Crippen molar-refractivity contribution in [3.8, 4) is 0 Å². The summed E-state index contributed by atoms with van der Waals surface area (Å²) in [6.45, 7) is -0.365. The van der Waals surface area contributed by atoms with Crippen LogP contribution in [0.25, 0.3) is 0 Å². The van der Waals surface area contributed by atoms with Crippen molar-refractivity contribution in [2.24, 2.45) is 0 Å². The minimum atomic E-state index is -4.51. The lowest BCUT2D eigenvalue weighted by Gasteiger charge is -2.39. The number of halogens is 5. The zero-order chi connectivity index (χ0) is 19.2. The first-order chi connectivity index (χ1) is 12.0. The van der Waals surface area contributed by atoms with Crippen LogP contribution in [0.1, 0.15) is 30.4 Å². The van der Waals surface area contributed by atoms with Crippen LogP contribution in [-0.2, 0) is 16.6 Å². The van der Waals surface area contributed by atoms with Crippen LogP contribution in [0.5, 0.6) is 0 Å². The van der Waals surface area contributed by atoms with E-state index in [-0.39, 0.29) is 31.5 Å². The van der Waals surface area contributed by atoms with Crippen molar-refractivity contribution in [3.63, 3.8) is 0 Å². The van der Waals surface area contributed by atoms with E-state index in [1.54, 1.807) is 0 Å². The van der Waals surface area contributed by atoms with Crippen molar-refractivity contribution in [3.05, 3.63) is 35.4 Å². The molecule has 2 N–H and O–H groups in total. The van der Waals surface area contributed by atoms with E-state index in [0.717, 1.165) is 12.1 Å². The van der Waals surface area contributed by atoms with E-state index < -0.39 is 48.2 Å². The number of alkyl halides is 5. The maximum absolute atomic E-state index is 13.2. The lowest BCUT2D eigenvalue weighted by Crippen LogP contribution is -2.50. The number of likely N-dealkylation sites (tertiary alicyclic amines) is 1. The quantitative estimate of drug-likeness (QED) is 0.778. The van der Waals surface area contributed by atoms with E-state index in [4.69, 9.17) is 0 Å². The second-order valence-electron chi connectivity index (χ2n) is 6.93. The Balaban J connectivity index is 1.67. The van der Waals surface area contributed by atoms with Crippen LogP contribution in [-0.4, -0.2) is 47.5 Å². The Morgan fingerprint density at radius 1 is 1.23 bits per heavy atom. The first-order valence-corrected chi connectivity index (χ1v) is 8.30. The number of carbonyl (C=O) groups excluding carboxylic acids is 1. The third-order valence-electron chi connectivity index (χ3n) is 5.04. The summed E-state index contributed by atoms with van der Waals surface area (Å²) in [5, 5.41) is 13.2. The first kappa shape index (κ1) is 19.0. The summed E-state index contributed by atoms with van der Waals surface area (Å²) in [5.74, 6) is -3.39. The molecule has 3 rings (SSSR count). The van der Waals surface area contributed by atoms with Crippen molar-refractivity contribution in [2.45, 2.75) is 43.0 Å². The molecule has 2 fully saturated rings. The van der Waals surface area contributed by atoms with E-state index >= 15 is 0 Å². The van der Waals surface area contributed by atoms with Crippen molar-refractivity contribution >= 4 is 5.91 Å². The summed E-state index contributed by atoms with van der Waals surface area (Å²) in [6, 6.07) is 3.53. The SMILES string of the molecule is O=C([C@@H]1CC(F)(F)CN1)N1CCC(O)(c2cccc(C(F)(F)F)c2)CC1. The van der Waals surface area contributed by atoms with Gasteiger partial charge < -0.3 is 10.0 Å². The molecule has 2 aliphatic heterocycles. The van der Waals surface area contributed by atoms with Gasteiger partial charge in [0.2, 0.25) is 5.91 Å².